The molecule has 1 aromatic carbocycles. The third kappa shape index (κ3) is 3.40. The van der Waals surface area contributed by atoms with Crippen LogP contribution >= 0.6 is 0 Å². The van der Waals surface area contributed by atoms with Crippen LogP contribution in [0.3, 0.4) is 0 Å². The highest BCUT2D eigenvalue weighted by Crippen LogP contribution is 2.29. The number of ether oxygens (including phenoxy) is 2. The monoisotopic (exact) mass is 281 g/mol. The van der Waals surface area contributed by atoms with Crippen LogP contribution in [0.1, 0.15) is 29.3 Å². The molecule has 0 fully saturated rings. The molecule has 0 saturated carbocycles. The number of methoxy groups -OCH3 is 2. The molecule has 2 N–H and O–H groups in total. The zero-order valence-electron chi connectivity index (χ0n) is 12.0. The van der Waals surface area contributed by atoms with Gasteiger partial charge in [0.1, 0.15) is 17.5 Å². The Morgan fingerprint density at radius 1 is 1.25 bits per heavy atom. The van der Waals surface area contributed by atoms with Crippen LogP contribution in [0.25, 0.3) is 0 Å². The predicted molar refractivity (Wildman–Crippen MR) is 73.5 cm³/mol. The standard InChI is InChI=1S/C14H19NO5/c1-5-10(14(17)18)15-13(16)9-6-11(19-3)8(2)12(7-9)20-4/h6-7,10H,5H2,1-4H3,(H,15,16)(H,17,18)/t10-/m1/s1. The topological polar surface area (TPSA) is 84.9 Å². The van der Waals surface area contributed by atoms with Gasteiger partial charge >= 0.3 is 5.97 Å². The molecule has 20 heavy (non-hydrogen) atoms. The summed E-state index contributed by atoms with van der Waals surface area (Å²) in [6, 6.07) is 2.20. The van der Waals surface area contributed by atoms with Gasteiger partial charge in [0.25, 0.3) is 5.91 Å². The van der Waals surface area contributed by atoms with E-state index in [9.17, 15) is 9.59 Å². The Labute approximate surface area is 117 Å². The van der Waals surface area contributed by atoms with Crippen LogP contribution in [0.15, 0.2) is 12.1 Å². The van der Waals surface area contributed by atoms with E-state index in [1.54, 1.807) is 19.1 Å². The first-order valence-electron chi connectivity index (χ1n) is 6.20. The molecule has 0 aliphatic rings. The maximum absolute atomic E-state index is 12.1. The number of benzene rings is 1. The normalized spacial score (nSPS) is 11.6. The van der Waals surface area contributed by atoms with Crippen LogP contribution in [-0.4, -0.2) is 37.2 Å². The van der Waals surface area contributed by atoms with Crippen molar-refractivity contribution in [2.24, 2.45) is 0 Å². The Morgan fingerprint density at radius 3 is 2.10 bits per heavy atom. The lowest BCUT2D eigenvalue weighted by Gasteiger charge is -2.15. The van der Waals surface area contributed by atoms with E-state index < -0.39 is 17.9 Å². The van der Waals surface area contributed by atoms with Gasteiger partial charge in [0.05, 0.1) is 14.2 Å². The van der Waals surface area contributed by atoms with Crippen LogP contribution in [0.5, 0.6) is 11.5 Å². The highest BCUT2D eigenvalue weighted by molar-refractivity contribution is 5.97. The average Bonchev–Trinajstić information content (AvgIpc) is 2.44. The second-order valence-electron chi connectivity index (χ2n) is 4.28. The van der Waals surface area contributed by atoms with Gasteiger partial charge in [-0.2, -0.15) is 0 Å². The number of carbonyl (C=O) groups excluding carboxylic acids is 1. The summed E-state index contributed by atoms with van der Waals surface area (Å²) < 4.78 is 10.4. The van der Waals surface area contributed by atoms with Gasteiger partial charge in [-0.05, 0) is 25.5 Å². The summed E-state index contributed by atoms with van der Waals surface area (Å²) in [4.78, 5) is 23.0. The summed E-state index contributed by atoms with van der Waals surface area (Å²) in [5.74, 6) is -0.515. The van der Waals surface area contributed by atoms with Crippen molar-refractivity contribution in [3.63, 3.8) is 0 Å². The van der Waals surface area contributed by atoms with Gasteiger partial charge in [-0.25, -0.2) is 4.79 Å². The van der Waals surface area contributed by atoms with E-state index in [4.69, 9.17) is 14.6 Å². The molecule has 0 spiro atoms. The summed E-state index contributed by atoms with van der Waals surface area (Å²) >= 11 is 0. The molecule has 6 heteroatoms. The summed E-state index contributed by atoms with van der Waals surface area (Å²) in [5, 5.41) is 11.4. The summed E-state index contributed by atoms with van der Waals surface area (Å²) in [6.07, 6.45) is 0.307. The third-order valence-electron chi connectivity index (χ3n) is 3.03. The van der Waals surface area contributed by atoms with E-state index in [-0.39, 0.29) is 0 Å². The number of carboxylic acid groups (broad SMARTS) is 1. The quantitative estimate of drug-likeness (QED) is 0.827. The molecular weight excluding hydrogens is 262 g/mol. The SMILES string of the molecule is CC[C@@H](NC(=O)c1cc(OC)c(C)c(OC)c1)C(=O)O. The van der Waals surface area contributed by atoms with Crippen molar-refractivity contribution in [2.75, 3.05) is 14.2 Å². The lowest BCUT2D eigenvalue weighted by Crippen LogP contribution is -2.40. The molecule has 1 atom stereocenters. The zero-order chi connectivity index (χ0) is 15.3. The Balaban J connectivity index is 3.07. The highest BCUT2D eigenvalue weighted by atomic mass is 16.5. The molecule has 0 aliphatic carbocycles. The third-order valence-corrected chi connectivity index (χ3v) is 3.03. The van der Waals surface area contributed by atoms with Crippen LogP contribution < -0.4 is 14.8 Å². The Hall–Kier alpha value is -2.24. The maximum Gasteiger partial charge on any atom is 0.326 e. The molecule has 1 amide bonds. The van der Waals surface area contributed by atoms with E-state index >= 15 is 0 Å². The first-order chi connectivity index (χ1) is 9.44. The number of aliphatic carboxylic acids is 1. The number of carbonyl (C=O) groups is 2. The average molecular weight is 281 g/mol. The van der Waals surface area contributed by atoms with Gasteiger partial charge in [0, 0.05) is 11.1 Å². The van der Waals surface area contributed by atoms with E-state index in [1.165, 1.54) is 14.2 Å². The summed E-state index contributed by atoms with van der Waals surface area (Å²) in [6.45, 7) is 3.50. The van der Waals surface area contributed by atoms with Gasteiger partial charge in [-0.3, -0.25) is 4.79 Å². The van der Waals surface area contributed by atoms with Gasteiger partial charge in [0.15, 0.2) is 0 Å². The van der Waals surface area contributed by atoms with E-state index in [2.05, 4.69) is 5.32 Å². The summed E-state index contributed by atoms with van der Waals surface area (Å²) in [5.41, 5.74) is 1.07. The fourth-order valence-corrected chi connectivity index (χ4v) is 1.80. The molecule has 0 aromatic heterocycles. The van der Waals surface area contributed by atoms with Crippen molar-refractivity contribution in [3.8, 4) is 11.5 Å². The van der Waals surface area contributed by atoms with Gasteiger partial charge in [0.2, 0.25) is 0 Å². The number of rotatable bonds is 6. The smallest absolute Gasteiger partial charge is 0.326 e. The number of hydrogen-bond acceptors (Lipinski definition) is 4. The number of carboxylic acids is 1. The minimum absolute atomic E-state index is 0.295. The van der Waals surface area contributed by atoms with Crippen molar-refractivity contribution in [2.45, 2.75) is 26.3 Å². The first kappa shape index (κ1) is 15.8. The maximum atomic E-state index is 12.1. The lowest BCUT2D eigenvalue weighted by atomic mass is 10.1. The second-order valence-corrected chi connectivity index (χ2v) is 4.28. The van der Waals surface area contributed by atoms with E-state index in [0.717, 1.165) is 5.56 Å². The van der Waals surface area contributed by atoms with E-state index in [0.29, 0.717) is 23.5 Å². The fourth-order valence-electron chi connectivity index (χ4n) is 1.80. The van der Waals surface area contributed by atoms with Gasteiger partial charge < -0.3 is 19.9 Å². The Kier molecular flexibility index (Phi) is 5.37. The van der Waals surface area contributed by atoms with Crippen LogP contribution in [-0.2, 0) is 4.79 Å². The van der Waals surface area contributed by atoms with Crippen molar-refractivity contribution in [1.29, 1.82) is 0 Å². The number of nitrogens with one attached hydrogen (secondary N) is 1. The molecule has 1 aromatic rings. The van der Waals surface area contributed by atoms with Gasteiger partial charge in [-0.15, -0.1) is 0 Å². The van der Waals surface area contributed by atoms with Crippen LogP contribution in [0.4, 0.5) is 0 Å². The molecular formula is C14H19NO5. The largest absolute Gasteiger partial charge is 0.496 e. The summed E-state index contributed by atoms with van der Waals surface area (Å²) in [7, 11) is 2.99. The van der Waals surface area contributed by atoms with Crippen molar-refractivity contribution in [3.05, 3.63) is 23.3 Å². The predicted octanol–water partition coefficient (Wildman–Crippen LogP) is 1.61. The van der Waals surface area contributed by atoms with Crippen LogP contribution in [0.2, 0.25) is 0 Å². The minimum Gasteiger partial charge on any atom is -0.496 e. The first-order valence-corrected chi connectivity index (χ1v) is 6.20. The van der Waals surface area contributed by atoms with Crippen molar-refractivity contribution < 1.29 is 24.2 Å². The van der Waals surface area contributed by atoms with Crippen molar-refractivity contribution in [1.82, 2.24) is 5.32 Å². The van der Waals surface area contributed by atoms with E-state index in [1.807, 2.05) is 6.92 Å². The molecule has 1 rings (SSSR count). The molecule has 0 unspecified atom stereocenters. The molecule has 0 radical (unpaired) electrons. The lowest BCUT2D eigenvalue weighted by molar-refractivity contribution is -0.139. The Bertz CT molecular complexity index is 487. The second kappa shape index (κ2) is 6.79. The minimum atomic E-state index is -1.06. The molecule has 6 nitrogen and oxygen atoms in total. The number of hydrogen-bond donors (Lipinski definition) is 2. The highest BCUT2D eigenvalue weighted by Gasteiger charge is 2.20. The molecule has 0 saturated heterocycles. The fraction of sp³-hybridized carbons (Fsp3) is 0.429. The van der Waals surface area contributed by atoms with Crippen molar-refractivity contribution >= 4 is 11.9 Å². The number of amides is 1. The van der Waals surface area contributed by atoms with Crippen LogP contribution in [0, 0.1) is 6.92 Å². The molecule has 0 aliphatic heterocycles. The van der Waals surface area contributed by atoms with Gasteiger partial charge in [-0.1, -0.05) is 6.92 Å². The molecule has 110 valence electrons. The Morgan fingerprint density at radius 2 is 1.75 bits per heavy atom. The molecule has 0 bridgehead atoms. The zero-order valence-corrected chi connectivity index (χ0v) is 12.0. The molecule has 0 heterocycles.